The summed E-state index contributed by atoms with van der Waals surface area (Å²) < 4.78 is 32.4. The molecule has 1 saturated carbocycles. The van der Waals surface area contributed by atoms with Crippen LogP contribution in [0.1, 0.15) is 38.4 Å². The fourth-order valence-corrected chi connectivity index (χ4v) is 5.36. The predicted octanol–water partition coefficient (Wildman–Crippen LogP) is 2.20. The molecule has 1 saturated heterocycles. The van der Waals surface area contributed by atoms with Gasteiger partial charge in [-0.15, -0.1) is 0 Å². The average molecular weight is 475 g/mol. The number of carbonyl (C=O) groups excluding carboxylic acids is 3. The van der Waals surface area contributed by atoms with E-state index in [0.29, 0.717) is 17.9 Å². The van der Waals surface area contributed by atoms with Crippen molar-refractivity contribution >= 4 is 33.6 Å². The first-order valence-electron chi connectivity index (χ1n) is 10.8. The quantitative estimate of drug-likeness (QED) is 0.526. The molecule has 10 nitrogen and oxygen atoms in total. The van der Waals surface area contributed by atoms with E-state index in [1.165, 1.54) is 30.5 Å². The number of rotatable bonds is 7. The summed E-state index contributed by atoms with van der Waals surface area (Å²) in [4.78, 5) is 38.9. The molecule has 1 aromatic carbocycles. The predicted molar refractivity (Wildman–Crippen MR) is 118 cm³/mol. The molecule has 2 atom stereocenters. The van der Waals surface area contributed by atoms with E-state index < -0.39 is 34.0 Å². The molecule has 1 aromatic heterocycles. The number of carbonyl (C=O) groups is 3. The molecule has 2 aliphatic rings. The van der Waals surface area contributed by atoms with E-state index in [-0.39, 0.29) is 23.3 Å². The van der Waals surface area contributed by atoms with Crippen molar-refractivity contribution in [2.75, 3.05) is 11.9 Å². The lowest BCUT2D eigenvalue weighted by atomic mass is 9.73. The fourth-order valence-electron chi connectivity index (χ4n) is 4.36. The van der Waals surface area contributed by atoms with Gasteiger partial charge in [-0.3, -0.25) is 14.5 Å². The molecule has 1 aliphatic heterocycles. The van der Waals surface area contributed by atoms with Gasteiger partial charge in [-0.2, -0.15) is 0 Å². The zero-order valence-corrected chi connectivity index (χ0v) is 19.0. The van der Waals surface area contributed by atoms with Crippen molar-refractivity contribution in [3.05, 3.63) is 48.4 Å². The highest BCUT2D eigenvalue weighted by atomic mass is 32.2. The molecule has 0 bridgehead atoms. The Balaban J connectivity index is 1.36. The number of anilines is 1. The summed E-state index contributed by atoms with van der Waals surface area (Å²) in [7, 11) is -3.76. The zero-order valence-electron chi connectivity index (χ0n) is 18.2. The lowest BCUT2D eigenvalue weighted by Gasteiger charge is -2.36. The van der Waals surface area contributed by atoms with Crippen molar-refractivity contribution in [1.29, 1.82) is 0 Å². The van der Waals surface area contributed by atoms with Gasteiger partial charge in [-0.25, -0.2) is 17.9 Å². The second-order valence-corrected chi connectivity index (χ2v) is 10.2. The van der Waals surface area contributed by atoms with Gasteiger partial charge in [-0.1, -0.05) is 19.8 Å². The van der Waals surface area contributed by atoms with E-state index in [2.05, 4.69) is 15.4 Å². The number of sulfonamides is 1. The molecular weight excluding hydrogens is 448 g/mol. The third kappa shape index (κ3) is 4.64. The Morgan fingerprint density at radius 2 is 1.97 bits per heavy atom. The molecule has 11 heteroatoms. The van der Waals surface area contributed by atoms with Crippen LogP contribution in [0, 0.1) is 5.92 Å². The van der Waals surface area contributed by atoms with Crippen LogP contribution in [0.2, 0.25) is 0 Å². The fraction of sp³-hybridized carbons (Fsp3) is 0.409. The second-order valence-electron chi connectivity index (χ2n) is 8.42. The lowest BCUT2D eigenvalue weighted by Crippen LogP contribution is -2.54. The number of furan rings is 1. The number of amides is 4. The SMILES string of the molecule is C[C@H]1CCCC[C@]12NC(=O)N(CC(=O)Nc1ccc(S(=O)(=O)NCc3ccco3)cc1)C2=O. The van der Waals surface area contributed by atoms with Gasteiger partial charge in [0.25, 0.3) is 5.91 Å². The van der Waals surface area contributed by atoms with Crippen LogP contribution in [0.4, 0.5) is 10.5 Å². The standard InChI is InChI=1S/C22H26N4O6S/c1-15-5-2-3-11-22(15)20(28)26(21(29)25-22)14-19(27)24-16-7-9-18(10-8-16)33(30,31)23-13-17-6-4-12-32-17/h4,6-10,12,15,23H,2-3,5,11,13-14H2,1H3,(H,24,27)(H,25,29)/t15-,22-/m0/s1. The summed E-state index contributed by atoms with van der Waals surface area (Å²) in [5.74, 6) is -0.427. The molecular formula is C22H26N4O6S. The summed E-state index contributed by atoms with van der Waals surface area (Å²) in [5, 5.41) is 5.41. The van der Waals surface area contributed by atoms with Crippen molar-refractivity contribution in [2.45, 2.75) is 49.6 Å². The molecule has 2 fully saturated rings. The topological polar surface area (TPSA) is 138 Å². The summed E-state index contributed by atoms with van der Waals surface area (Å²) in [6.45, 7) is 1.55. The van der Waals surface area contributed by atoms with E-state index in [1.54, 1.807) is 12.1 Å². The number of nitrogens with zero attached hydrogens (tertiary/aromatic N) is 1. The Morgan fingerprint density at radius 1 is 1.21 bits per heavy atom. The molecule has 4 amide bonds. The minimum atomic E-state index is -3.76. The first-order chi connectivity index (χ1) is 15.7. The normalized spacial score (nSPS) is 23.1. The summed E-state index contributed by atoms with van der Waals surface area (Å²) in [6, 6.07) is 8.34. The molecule has 176 valence electrons. The third-order valence-electron chi connectivity index (χ3n) is 6.27. The van der Waals surface area contributed by atoms with E-state index in [9.17, 15) is 22.8 Å². The molecule has 0 radical (unpaired) electrons. The number of nitrogens with one attached hydrogen (secondary N) is 3. The summed E-state index contributed by atoms with van der Waals surface area (Å²) >= 11 is 0. The maximum absolute atomic E-state index is 13.0. The minimum absolute atomic E-state index is 0.00616. The Hall–Kier alpha value is -3.18. The zero-order chi connectivity index (χ0) is 23.6. The highest BCUT2D eigenvalue weighted by Gasteiger charge is 2.55. The molecule has 1 spiro atoms. The molecule has 33 heavy (non-hydrogen) atoms. The monoisotopic (exact) mass is 474 g/mol. The minimum Gasteiger partial charge on any atom is -0.468 e. The molecule has 4 rings (SSSR count). The average Bonchev–Trinajstić information content (AvgIpc) is 3.38. The van der Waals surface area contributed by atoms with Gasteiger partial charge >= 0.3 is 6.03 Å². The van der Waals surface area contributed by atoms with Crippen LogP contribution in [0.5, 0.6) is 0 Å². The summed E-state index contributed by atoms with van der Waals surface area (Å²) in [5.41, 5.74) is -0.577. The largest absolute Gasteiger partial charge is 0.468 e. The molecule has 2 heterocycles. The van der Waals surface area contributed by atoms with Gasteiger partial charge in [0.15, 0.2) is 0 Å². The second kappa shape index (κ2) is 8.99. The first-order valence-corrected chi connectivity index (χ1v) is 12.3. The lowest BCUT2D eigenvalue weighted by molar-refractivity contribution is -0.136. The van der Waals surface area contributed by atoms with E-state index in [4.69, 9.17) is 4.42 Å². The van der Waals surface area contributed by atoms with Crippen molar-refractivity contribution < 1.29 is 27.2 Å². The maximum Gasteiger partial charge on any atom is 0.325 e. The number of benzene rings is 1. The molecule has 2 aromatic rings. The van der Waals surface area contributed by atoms with Gasteiger partial charge in [-0.05, 0) is 55.2 Å². The Kier molecular flexibility index (Phi) is 6.26. The molecule has 0 unspecified atom stereocenters. The van der Waals surface area contributed by atoms with Gasteiger partial charge in [0.1, 0.15) is 17.8 Å². The van der Waals surface area contributed by atoms with E-state index >= 15 is 0 Å². The van der Waals surface area contributed by atoms with Crippen LogP contribution in [-0.4, -0.2) is 43.2 Å². The van der Waals surface area contributed by atoms with Crippen LogP contribution >= 0.6 is 0 Å². The van der Waals surface area contributed by atoms with Crippen LogP contribution < -0.4 is 15.4 Å². The Bertz CT molecular complexity index is 1150. The third-order valence-corrected chi connectivity index (χ3v) is 7.69. The van der Waals surface area contributed by atoms with E-state index in [1.807, 2.05) is 6.92 Å². The maximum atomic E-state index is 13.0. The number of hydrogen-bond acceptors (Lipinski definition) is 6. The number of hydrogen-bond donors (Lipinski definition) is 3. The van der Waals surface area contributed by atoms with Crippen LogP contribution in [0.25, 0.3) is 0 Å². The van der Waals surface area contributed by atoms with Crippen molar-refractivity contribution in [2.24, 2.45) is 5.92 Å². The molecule has 1 aliphatic carbocycles. The van der Waals surface area contributed by atoms with E-state index in [0.717, 1.165) is 24.2 Å². The van der Waals surface area contributed by atoms with Crippen molar-refractivity contribution in [3.63, 3.8) is 0 Å². The number of imide groups is 1. The smallest absolute Gasteiger partial charge is 0.325 e. The van der Waals surface area contributed by atoms with Crippen molar-refractivity contribution in [3.8, 4) is 0 Å². The van der Waals surface area contributed by atoms with Crippen LogP contribution in [0.15, 0.2) is 52.0 Å². The highest BCUT2D eigenvalue weighted by molar-refractivity contribution is 7.89. The van der Waals surface area contributed by atoms with Gasteiger partial charge in [0.05, 0.1) is 17.7 Å². The number of urea groups is 1. The van der Waals surface area contributed by atoms with Gasteiger partial charge in [0.2, 0.25) is 15.9 Å². The van der Waals surface area contributed by atoms with Gasteiger partial charge < -0.3 is 15.1 Å². The first kappa shape index (κ1) is 23.0. The van der Waals surface area contributed by atoms with Crippen LogP contribution in [0.3, 0.4) is 0 Å². The highest BCUT2D eigenvalue weighted by Crippen LogP contribution is 2.38. The summed E-state index contributed by atoms with van der Waals surface area (Å²) in [6.07, 6.45) is 4.73. The van der Waals surface area contributed by atoms with Crippen molar-refractivity contribution in [1.82, 2.24) is 14.9 Å². The Labute approximate surface area is 191 Å². The Morgan fingerprint density at radius 3 is 2.64 bits per heavy atom. The van der Waals surface area contributed by atoms with Gasteiger partial charge in [0, 0.05) is 5.69 Å². The molecule has 3 N–H and O–H groups in total. The van der Waals surface area contributed by atoms with Crippen LogP contribution in [-0.2, 0) is 26.2 Å².